The van der Waals surface area contributed by atoms with Crippen molar-refractivity contribution in [3.05, 3.63) is 0 Å². The van der Waals surface area contributed by atoms with E-state index in [1.807, 2.05) is 0 Å². The summed E-state index contributed by atoms with van der Waals surface area (Å²) in [5, 5.41) is 0. The fourth-order valence-corrected chi connectivity index (χ4v) is 2.19. The summed E-state index contributed by atoms with van der Waals surface area (Å²) in [5.41, 5.74) is 5.81. The molecule has 0 aromatic rings. The van der Waals surface area contributed by atoms with Crippen molar-refractivity contribution in [2.24, 2.45) is 5.73 Å². The van der Waals surface area contributed by atoms with Crippen LogP contribution in [-0.4, -0.2) is 42.8 Å². The van der Waals surface area contributed by atoms with E-state index in [0.717, 1.165) is 19.7 Å². The van der Waals surface area contributed by atoms with Crippen molar-refractivity contribution in [1.29, 1.82) is 0 Å². The Bertz CT molecular complexity index is 163. The third kappa shape index (κ3) is 2.94. The molecule has 0 saturated carbocycles. The molecule has 1 fully saturated rings. The summed E-state index contributed by atoms with van der Waals surface area (Å²) in [7, 11) is 0. The molecule has 3 atom stereocenters. The highest BCUT2D eigenvalue weighted by Gasteiger charge is 2.28. The Morgan fingerprint density at radius 1 is 1.50 bits per heavy atom. The van der Waals surface area contributed by atoms with Crippen LogP contribution in [0.15, 0.2) is 0 Å². The number of hydrogen-bond donors (Lipinski definition) is 1. The predicted molar refractivity (Wildman–Crippen MR) is 59.3 cm³/mol. The van der Waals surface area contributed by atoms with Gasteiger partial charge in [-0.25, -0.2) is 0 Å². The zero-order chi connectivity index (χ0) is 10.6. The van der Waals surface area contributed by atoms with E-state index in [2.05, 4.69) is 25.7 Å². The van der Waals surface area contributed by atoms with Crippen molar-refractivity contribution in [1.82, 2.24) is 4.90 Å². The molecule has 3 nitrogen and oxygen atoms in total. The molecule has 0 aromatic carbocycles. The van der Waals surface area contributed by atoms with Gasteiger partial charge in [-0.2, -0.15) is 0 Å². The minimum Gasteiger partial charge on any atom is -0.376 e. The van der Waals surface area contributed by atoms with E-state index in [0.29, 0.717) is 18.2 Å². The molecule has 0 bridgehead atoms. The quantitative estimate of drug-likeness (QED) is 0.741. The monoisotopic (exact) mass is 200 g/mol. The molecule has 0 spiro atoms. The number of nitrogens with two attached hydrogens (primary N) is 1. The smallest absolute Gasteiger partial charge is 0.0674 e. The summed E-state index contributed by atoms with van der Waals surface area (Å²) >= 11 is 0. The Morgan fingerprint density at radius 2 is 2.21 bits per heavy atom. The minimum absolute atomic E-state index is 0.358. The first kappa shape index (κ1) is 12.0. The first-order valence-electron chi connectivity index (χ1n) is 5.76. The molecule has 0 aliphatic carbocycles. The Hall–Kier alpha value is -0.120. The second-order valence-electron chi connectivity index (χ2n) is 4.37. The third-order valence-corrected chi connectivity index (χ3v) is 3.02. The zero-order valence-electron chi connectivity index (χ0n) is 9.70. The van der Waals surface area contributed by atoms with Gasteiger partial charge in [0.05, 0.1) is 12.7 Å². The molecule has 0 aromatic heterocycles. The van der Waals surface area contributed by atoms with Crippen LogP contribution >= 0.6 is 0 Å². The van der Waals surface area contributed by atoms with Crippen molar-refractivity contribution >= 4 is 0 Å². The first-order valence-corrected chi connectivity index (χ1v) is 5.76. The van der Waals surface area contributed by atoms with Gasteiger partial charge in [-0.05, 0) is 20.3 Å². The largest absolute Gasteiger partial charge is 0.376 e. The second-order valence-corrected chi connectivity index (χ2v) is 4.37. The van der Waals surface area contributed by atoms with Crippen LogP contribution in [0.5, 0.6) is 0 Å². The van der Waals surface area contributed by atoms with Crippen LogP contribution in [-0.2, 0) is 4.74 Å². The Morgan fingerprint density at radius 3 is 2.79 bits per heavy atom. The lowest BCUT2D eigenvalue weighted by molar-refractivity contribution is -0.0657. The maximum atomic E-state index is 5.81. The average Bonchev–Trinajstić information content (AvgIpc) is 2.18. The lowest BCUT2D eigenvalue weighted by Crippen LogP contribution is -2.54. The fraction of sp³-hybridized carbons (Fsp3) is 1.00. The number of nitrogens with zero attached hydrogens (tertiary/aromatic N) is 1. The third-order valence-electron chi connectivity index (χ3n) is 3.02. The molecule has 1 aliphatic rings. The lowest BCUT2D eigenvalue weighted by Gasteiger charge is -2.41. The number of hydrogen-bond acceptors (Lipinski definition) is 3. The Balaban J connectivity index is 2.52. The van der Waals surface area contributed by atoms with E-state index >= 15 is 0 Å². The topological polar surface area (TPSA) is 38.5 Å². The van der Waals surface area contributed by atoms with Crippen molar-refractivity contribution in [2.75, 3.05) is 19.7 Å². The molecular weight excluding hydrogens is 176 g/mol. The summed E-state index contributed by atoms with van der Waals surface area (Å²) in [6.45, 7) is 9.23. The maximum absolute atomic E-state index is 5.81. The summed E-state index contributed by atoms with van der Waals surface area (Å²) in [6, 6.07) is 1.06. The molecule has 1 heterocycles. The summed E-state index contributed by atoms with van der Waals surface area (Å²) in [4.78, 5) is 2.51. The van der Waals surface area contributed by atoms with E-state index in [4.69, 9.17) is 10.5 Å². The molecule has 0 radical (unpaired) electrons. The van der Waals surface area contributed by atoms with Crippen molar-refractivity contribution in [2.45, 2.75) is 51.8 Å². The van der Waals surface area contributed by atoms with Crippen LogP contribution in [0.4, 0.5) is 0 Å². The summed E-state index contributed by atoms with van der Waals surface area (Å²) in [5.74, 6) is 0. The molecule has 1 saturated heterocycles. The highest BCUT2D eigenvalue weighted by atomic mass is 16.5. The van der Waals surface area contributed by atoms with Gasteiger partial charge in [-0.3, -0.25) is 4.90 Å². The standard InChI is InChI=1S/C11H24N2O/c1-4-5-11(6-12)13-7-10(3)14-8-9(13)2/h9-11H,4-8,12H2,1-3H3. The van der Waals surface area contributed by atoms with Crippen LogP contribution in [0, 0.1) is 0 Å². The highest BCUT2D eigenvalue weighted by Crippen LogP contribution is 2.17. The summed E-state index contributed by atoms with van der Waals surface area (Å²) in [6.07, 6.45) is 2.77. The van der Waals surface area contributed by atoms with Gasteiger partial charge >= 0.3 is 0 Å². The SMILES string of the molecule is CCCC(CN)N1CC(C)OCC1C. The van der Waals surface area contributed by atoms with Crippen LogP contribution in [0.3, 0.4) is 0 Å². The van der Waals surface area contributed by atoms with Crippen LogP contribution in [0.2, 0.25) is 0 Å². The van der Waals surface area contributed by atoms with Crippen molar-refractivity contribution in [3.8, 4) is 0 Å². The van der Waals surface area contributed by atoms with Gasteiger partial charge in [0.25, 0.3) is 0 Å². The molecule has 3 unspecified atom stereocenters. The fourth-order valence-electron chi connectivity index (χ4n) is 2.19. The van der Waals surface area contributed by atoms with Gasteiger partial charge in [0.2, 0.25) is 0 Å². The molecule has 0 amide bonds. The van der Waals surface area contributed by atoms with Gasteiger partial charge in [-0.15, -0.1) is 0 Å². The van der Waals surface area contributed by atoms with E-state index in [1.165, 1.54) is 12.8 Å². The normalized spacial score (nSPS) is 31.7. The summed E-state index contributed by atoms with van der Waals surface area (Å²) < 4.78 is 5.61. The number of rotatable bonds is 4. The molecular formula is C11H24N2O. The maximum Gasteiger partial charge on any atom is 0.0674 e. The molecule has 1 aliphatic heterocycles. The molecule has 84 valence electrons. The first-order chi connectivity index (χ1) is 6.69. The van der Waals surface area contributed by atoms with Crippen molar-refractivity contribution in [3.63, 3.8) is 0 Å². The molecule has 2 N–H and O–H groups in total. The van der Waals surface area contributed by atoms with E-state index in [1.54, 1.807) is 0 Å². The Labute approximate surface area is 87.6 Å². The molecule has 1 rings (SSSR count). The predicted octanol–water partition coefficient (Wildman–Crippen LogP) is 1.22. The van der Waals surface area contributed by atoms with Crippen molar-refractivity contribution < 1.29 is 4.74 Å². The van der Waals surface area contributed by atoms with E-state index < -0.39 is 0 Å². The number of morpholine rings is 1. The van der Waals surface area contributed by atoms with Gasteiger partial charge in [-0.1, -0.05) is 13.3 Å². The number of ether oxygens (including phenoxy) is 1. The van der Waals surface area contributed by atoms with Crippen LogP contribution in [0.25, 0.3) is 0 Å². The van der Waals surface area contributed by atoms with Crippen LogP contribution < -0.4 is 5.73 Å². The molecule has 14 heavy (non-hydrogen) atoms. The van der Waals surface area contributed by atoms with Gasteiger partial charge in [0.15, 0.2) is 0 Å². The van der Waals surface area contributed by atoms with Gasteiger partial charge in [0.1, 0.15) is 0 Å². The average molecular weight is 200 g/mol. The van der Waals surface area contributed by atoms with Gasteiger partial charge in [0, 0.05) is 25.2 Å². The van der Waals surface area contributed by atoms with E-state index in [9.17, 15) is 0 Å². The Kier molecular flexibility index (Phi) is 4.85. The van der Waals surface area contributed by atoms with E-state index in [-0.39, 0.29) is 0 Å². The minimum atomic E-state index is 0.358. The second kappa shape index (κ2) is 5.69. The van der Waals surface area contributed by atoms with Crippen LogP contribution in [0.1, 0.15) is 33.6 Å². The highest BCUT2D eigenvalue weighted by molar-refractivity contribution is 4.82. The lowest BCUT2D eigenvalue weighted by atomic mass is 10.1. The zero-order valence-corrected chi connectivity index (χ0v) is 9.70. The van der Waals surface area contributed by atoms with Gasteiger partial charge < -0.3 is 10.5 Å². The molecule has 3 heteroatoms.